The average Bonchev–Trinajstić information content (AvgIpc) is 2.37. The molecule has 1 aliphatic heterocycles. The fourth-order valence-electron chi connectivity index (χ4n) is 1.04. The quantitative estimate of drug-likeness (QED) is 0.469. The lowest BCUT2D eigenvalue weighted by molar-refractivity contribution is -0.124. The molecule has 0 aromatic heterocycles. The monoisotopic (exact) mass is 124 g/mol. The Morgan fingerprint density at radius 2 is 2.00 bits per heavy atom. The summed E-state index contributed by atoms with van der Waals surface area (Å²) in [5, 5.41) is 0. The fourth-order valence-corrected chi connectivity index (χ4v) is 1.04. The molecular formula is C7H10NO. The standard InChI is InChI=1S/C7H10NO/c1-2-7(9)8-5-3-4-6-8/h1-2H,3-6H2. The van der Waals surface area contributed by atoms with Crippen LogP contribution < -0.4 is 0 Å². The highest BCUT2D eigenvalue weighted by molar-refractivity contribution is 5.86. The predicted octanol–water partition coefficient (Wildman–Crippen LogP) is 0.598. The molecule has 2 heteroatoms. The Hall–Kier alpha value is -0.790. The van der Waals surface area contributed by atoms with Gasteiger partial charge < -0.3 is 4.90 Å². The molecule has 0 atom stereocenters. The van der Waals surface area contributed by atoms with E-state index in [0.29, 0.717) is 0 Å². The van der Waals surface area contributed by atoms with Crippen LogP contribution in [-0.2, 0) is 4.79 Å². The van der Waals surface area contributed by atoms with Crippen molar-refractivity contribution in [1.29, 1.82) is 0 Å². The molecule has 49 valence electrons. The van der Waals surface area contributed by atoms with Crippen molar-refractivity contribution < 1.29 is 4.79 Å². The average molecular weight is 124 g/mol. The predicted molar refractivity (Wildman–Crippen MR) is 34.7 cm³/mol. The maximum absolute atomic E-state index is 10.8. The fraction of sp³-hybridized carbons (Fsp3) is 0.571. The second kappa shape index (κ2) is 2.67. The molecule has 1 aliphatic rings. The molecule has 0 aromatic rings. The Labute approximate surface area is 55.2 Å². The minimum atomic E-state index is -0.0347. The summed E-state index contributed by atoms with van der Waals surface area (Å²) in [7, 11) is 0. The van der Waals surface area contributed by atoms with Gasteiger partial charge in [-0.3, -0.25) is 4.79 Å². The molecule has 1 saturated heterocycles. The molecule has 0 aromatic carbocycles. The van der Waals surface area contributed by atoms with Crippen LogP contribution in [0.3, 0.4) is 0 Å². The van der Waals surface area contributed by atoms with E-state index in [9.17, 15) is 4.79 Å². The first-order valence-corrected chi connectivity index (χ1v) is 3.18. The molecule has 0 bridgehead atoms. The van der Waals surface area contributed by atoms with Crippen LogP contribution in [0.4, 0.5) is 0 Å². The van der Waals surface area contributed by atoms with Crippen LogP contribution in [0.15, 0.2) is 6.08 Å². The molecule has 2 nitrogen and oxygen atoms in total. The molecule has 9 heavy (non-hydrogen) atoms. The maximum atomic E-state index is 10.8. The summed E-state index contributed by atoms with van der Waals surface area (Å²) in [6, 6.07) is 0. The van der Waals surface area contributed by atoms with Crippen LogP contribution in [0.5, 0.6) is 0 Å². The number of hydrogen-bond acceptors (Lipinski definition) is 1. The van der Waals surface area contributed by atoms with Gasteiger partial charge in [0.25, 0.3) is 0 Å². The number of carbonyl (C=O) groups is 1. The number of nitrogens with zero attached hydrogens (tertiary/aromatic N) is 1. The van der Waals surface area contributed by atoms with E-state index in [1.807, 2.05) is 0 Å². The number of hydrogen-bond donors (Lipinski definition) is 0. The van der Waals surface area contributed by atoms with Crippen molar-refractivity contribution in [3.63, 3.8) is 0 Å². The van der Waals surface area contributed by atoms with E-state index in [0.717, 1.165) is 32.0 Å². The molecule has 0 N–H and O–H groups in total. The summed E-state index contributed by atoms with van der Waals surface area (Å²) in [4.78, 5) is 12.5. The summed E-state index contributed by atoms with van der Waals surface area (Å²) in [6.07, 6.45) is 3.38. The van der Waals surface area contributed by atoms with Crippen molar-refractivity contribution in [2.75, 3.05) is 13.1 Å². The first-order valence-electron chi connectivity index (χ1n) is 3.18. The minimum absolute atomic E-state index is 0.0347. The van der Waals surface area contributed by atoms with Crippen molar-refractivity contribution >= 4 is 5.91 Å². The highest BCUT2D eigenvalue weighted by atomic mass is 16.2. The molecule has 1 heterocycles. The summed E-state index contributed by atoms with van der Waals surface area (Å²) >= 11 is 0. The number of rotatable bonds is 1. The Morgan fingerprint density at radius 1 is 1.44 bits per heavy atom. The van der Waals surface area contributed by atoms with E-state index in [4.69, 9.17) is 6.58 Å². The minimum Gasteiger partial charge on any atom is -0.339 e. The molecule has 0 saturated carbocycles. The van der Waals surface area contributed by atoms with Gasteiger partial charge in [-0.1, -0.05) is 6.58 Å². The van der Waals surface area contributed by atoms with Crippen LogP contribution in [0.25, 0.3) is 0 Å². The van der Waals surface area contributed by atoms with Crippen molar-refractivity contribution in [3.8, 4) is 0 Å². The molecular weight excluding hydrogens is 114 g/mol. The third kappa shape index (κ3) is 1.31. The highest BCUT2D eigenvalue weighted by Gasteiger charge is 2.13. The van der Waals surface area contributed by atoms with Gasteiger partial charge in [0, 0.05) is 19.2 Å². The van der Waals surface area contributed by atoms with Crippen LogP contribution in [0, 0.1) is 6.58 Å². The Kier molecular flexibility index (Phi) is 1.88. The number of amides is 1. The number of carbonyl (C=O) groups excluding carboxylic acids is 1. The molecule has 1 rings (SSSR count). The maximum Gasteiger partial charge on any atom is 0.246 e. The first kappa shape index (κ1) is 6.33. The third-order valence-electron chi connectivity index (χ3n) is 1.56. The van der Waals surface area contributed by atoms with E-state index in [1.54, 1.807) is 4.90 Å². The van der Waals surface area contributed by atoms with Gasteiger partial charge in [0.1, 0.15) is 0 Å². The largest absolute Gasteiger partial charge is 0.339 e. The van der Waals surface area contributed by atoms with Gasteiger partial charge in [0.15, 0.2) is 0 Å². The summed E-state index contributed by atoms with van der Waals surface area (Å²) < 4.78 is 0. The zero-order chi connectivity index (χ0) is 6.69. The highest BCUT2D eigenvalue weighted by Crippen LogP contribution is 2.06. The second-order valence-corrected chi connectivity index (χ2v) is 2.20. The van der Waals surface area contributed by atoms with E-state index < -0.39 is 0 Å². The van der Waals surface area contributed by atoms with Crippen LogP contribution in [0.1, 0.15) is 12.8 Å². The molecule has 0 spiro atoms. The van der Waals surface area contributed by atoms with Gasteiger partial charge in [0.05, 0.1) is 0 Å². The lowest BCUT2D eigenvalue weighted by atomic mass is 10.4. The van der Waals surface area contributed by atoms with Gasteiger partial charge >= 0.3 is 0 Å². The zero-order valence-corrected chi connectivity index (χ0v) is 5.34. The Bertz CT molecular complexity index is 125. The Morgan fingerprint density at radius 3 is 2.44 bits per heavy atom. The van der Waals surface area contributed by atoms with E-state index in [2.05, 4.69) is 0 Å². The zero-order valence-electron chi connectivity index (χ0n) is 5.34. The van der Waals surface area contributed by atoms with Gasteiger partial charge in [-0.2, -0.15) is 0 Å². The first-order chi connectivity index (χ1) is 4.34. The van der Waals surface area contributed by atoms with Crippen molar-refractivity contribution in [3.05, 3.63) is 12.7 Å². The molecule has 1 radical (unpaired) electrons. The van der Waals surface area contributed by atoms with Crippen LogP contribution >= 0.6 is 0 Å². The lowest BCUT2D eigenvalue weighted by Gasteiger charge is -2.10. The van der Waals surface area contributed by atoms with Gasteiger partial charge in [-0.05, 0) is 12.8 Å². The normalized spacial score (nSPS) is 18.0. The van der Waals surface area contributed by atoms with Crippen LogP contribution in [-0.4, -0.2) is 23.9 Å². The SMILES string of the molecule is [CH]=CC(=O)N1CCCC1. The Balaban J connectivity index is 2.41. The van der Waals surface area contributed by atoms with Gasteiger partial charge in [-0.15, -0.1) is 0 Å². The van der Waals surface area contributed by atoms with Crippen molar-refractivity contribution in [2.45, 2.75) is 12.8 Å². The van der Waals surface area contributed by atoms with E-state index >= 15 is 0 Å². The van der Waals surface area contributed by atoms with Crippen molar-refractivity contribution in [1.82, 2.24) is 4.90 Å². The summed E-state index contributed by atoms with van der Waals surface area (Å²) in [5.41, 5.74) is 0. The topological polar surface area (TPSA) is 20.3 Å². The summed E-state index contributed by atoms with van der Waals surface area (Å²) in [6.45, 7) is 6.80. The van der Waals surface area contributed by atoms with Gasteiger partial charge in [-0.25, -0.2) is 0 Å². The van der Waals surface area contributed by atoms with E-state index in [-0.39, 0.29) is 5.91 Å². The lowest BCUT2D eigenvalue weighted by Crippen LogP contribution is -2.25. The second-order valence-electron chi connectivity index (χ2n) is 2.20. The van der Waals surface area contributed by atoms with Gasteiger partial charge in [0.2, 0.25) is 5.91 Å². The molecule has 0 unspecified atom stereocenters. The molecule has 1 fully saturated rings. The number of likely N-dealkylation sites (tertiary alicyclic amines) is 1. The third-order valence-corrected chi connectivity index (χ3v) is 1.56. The molecule has 0 aliphatic carbocycles. The summed E-state index contributed by atoms with van der Waals surface area (Å²) in [5.74, 6) is -0.0347. The smallest absolute Gasteiger partial charge is 0.246 e. The van der Waals surface area contributed by atoms with Crippen molar-refractivity contribution in [2.24, 2.45) is 0 Å². The van der Waals surface area contributed by atoms with Crippen LogP contribution in [0.2, 0.25) is 0 Å². The van der Waals surface area contributed by atoms with E-state index in [1.165, 1.54) is 0 Å². The molecule has 1 amide bonds.